The Bertz CT molecular complexity index is 810. The second-order valence-corrected chi connectivity index (χ2v) is 6.59. The molecule has 2 unspecified atom stereocenters. The molecular weight excluding hydrogens is 345 g/mol. The number of fused-ring (bicyclic) bond motifs is 1. The third-order valence-electron chi connectivity index (χ3n) is 4.85. The summed E-state index contributed by atoms with van der Waals surface area (Å²) in [6.07, 6.45) is 0.959. The van der Waals surface area contributed by atoms with Crippen LogP contribution in [-0.2, 0) is 0 Å². The van der Waals surface area contributed by atoms with E-state index in [4.69, 9.17) is 9.47 Å². The maximum absolute atomic E-state index is 14.0. The first-order valence-electron chi connectivity index (χ1n) is 9.14. The van der Waals surface area contributed by atoms with Gasteiger partial charge in [-0.25, -0.2) is 4.39 Å². The van der Waals surface area contributed by atoms with Gasteiger partial charge in [0.15, 0.2) is 17.5 Å². The zero-order valence-corrected chi connectivity index (χ0v) is 16.0. The monoisotopic (exact) mass is 371 g/mol. The highest BCUT2D eigenvalue weighted by Crippen LogP contribution is 2.32. The van der Waals surface area contributed by atoms with E-state index in [9.17, 15) is 4.39 Å². The quantitative estimate of drug-likeness (QED) is 0.623. The van der Waals surface area contributed by atoms with Crippen molar-refractivity contribution in [1.29, 1.82) is 0 Å². The summed E-state index contributed by atoms with van der Waals surface area (Å²) < 4.78 is 24.6. The molecule has 2 N–H and O–H groups in total. The summed E-state index contributed by atoms with van der Waals surface area (Å²) in [7, 11) is 3.19. The van der Waals surface area contributed by atoms with E-state index < -0.39 is 0 Å². The fourth-order valence-corrected chi connectivity index (χ4v) is 3.28. The highest BCUT2D eigenvalue weighted by Gasteiger charge is 2.21. The normalized spacial score (nSPS) is 17.5. The van der Waals surface area contributed by atoms with Crippen LogP contribution in [0.4, 0.5) is 4.39 Å². The number of hydrogen-bond donors (Lipinski definition) is 2. The molecule has 0 spiro atoms. The number of nitrogens with one attached hydrogen (secondary N) is 2. The molecule has 0 saturated carbocycles. The fourth-order valence-electron chi connectivity index (χ4n) is 3.28. The Labute approximate surface area is 159 Å². The number of halogens is 1. The van der Waals surface area contributed by atoms with E-state index in [0.717, 1.165) is 30.9 Å². The number of rotatable bonds is 5. The summed E-state index contributed by atoms with van der Waals surface area (Å²) in [5, 5.41) is 6.69. The topological polar surface area (TPSA) is 54.9 Å². The van der Waals surface area contributed by atoms with E-state index in [-0.39, 0.29) is 17.6 Å². The Morgan fingerprint density at radius 3 is 2.89 bits per heavy atom. The van der Waals surface area contributed by atoms with Crippen LogP contribution in [-0.4, -0.2) is 33.3 Å². The van der Waals surface area contributed by atoms with Gasteiger partial charge in [0.1, 0.15) is 5.75 Å². The van der Waals surface area contributed by atoms with Crippen LogP contribution in [0.2, 0.25) is 0 Å². The standard InChI is InChI=1S/C21H26FN3O2/c1-14(15-8-9-20(26-3)18(22)12-15)25-21(23-2)24-13-16-10-11-27-19-7-5-4-6-17(16)19/h4-9,12,14,16H,10-11,13H2,1-3H3,(H2,23,24,25). The molecule has 0 fully saturated rings. The van der Waals surface area contributed by atoms with Crippen molar-refractivity contribution in [3.8, 4) is 11.5 Å². The first-order chi connectivity index (χ1) is 13.1. The van der Waals surface area contributed by atoms with Crippen LogP contribution >= 0.6 is 0 Å². The van der Waals surface area contributed by atoms with E-state index >= 15 is 0 Å². The number of nitrogens with zero attached hydrogens (tertiary/aromatic N) is 1. The molecule has 2 atom stereocenters. The van der Waals surface area contributed by atoms with E-state index in [2.05, 4.69) is 21.7 Å². The van der Waals surface area contributed by atoms with Crippen molar-refractivity contribution >= 4 is 5.96 Å². The van der Waals surface area contributed by atoms with Crippen LogP contribution < -0.4 is 20.1 Å². The number of para-hydroxylation sites is 1. The first-order valence-corrected chi connectivity index (χ1v) is 9.14. The van der Waals surface area contributed by atoms with Crippen molar-refractivity contribution in [2.24, 2.45) is 4.99 Å². The molecule has 0 bridgehead atoms. The summed E-state index contributed by atoms with van der Waals surface area (Å²) in [5.74, 6) is 1.88. The van der Waals surface area contributed by atoms with Crippen molar-refractivity contribution in [3.05, 3.63) is 59.4 Å². The molecule has 1 heterocycles. The lowest BCUT2D eigenvalue weighted by atomic mass is 9.93. The van der Waals surface area contributed by atoms with Crippen molar-refractivity contribution in [3.63, 3.8) is 0 Å². The second-order valence-electron chi connectivity index (χ2n) is 6.59. The highest BCUT2D eigenvalue weighted by molar-refractivity contribution is 5.80. The Balaban J connectivity index is 1.61. The minimum atomic E-state index is -0.370. The van der Waals surface area contributed by atoms with Gasteiger partial charge in [-0.15, -0.1) is 0 Å². The molecule has 1 aliphatic heterocycles. The maximum atomic E-state index is 14.0. The molecule has 2 aromatic carbocycles. The Kier molecular flexibility index (Phi) is 6.16. The zero-order valence-electron chi connectivity index (χ0n) is 16.0. The summed E-state index contributed by atoms with van der Waals surface area (Å²) in [6, 6.07) is 13.0. The predicted octanol–water partition coefficient (Wildman–Crippen LogP) is 3.63. The average molecular weight is 371 g/mol. The summed E-state index contributed by atoms with van der Waals surface area (Å²) >= 11 is 0. The van der Waals surface area contributed by atoms with Crippen LogP contribution in [0.3, 0.4) is 0 Å². The summed E-state index contributed by atoms with van der Waals surface area (Å²) in [5.41, 5.74) is 2.05. The van der Waals surface area contributed by atoms with Crippen LogP contribution in [0.15, 0.2) is 47.5 Å². The molecule has 6 heteroatoms. The van der Waals surface area contributed by atoms with E-state index in [1.807, 2.05) is 31.2 Å². The molecule has 0 amide bonds. The minimum Gasteiger partial charge on any atom is -0.494 e. The van der Waals surface area contributed by atoms with Gasteiger partial charge in [0, 0.05) is 19.5 Å². The zero-order chi connectivity index (χ0) is 19.2. The smallest absolute Gasteiger partial charge is 0.191 e. The Morgan fingerprint density at radius 2 is 2.15 bits per heavy atom. The number of methoxy groups -OCH3 is 1. The van der Waals surface area contributed by atoms with Gasteiger partial charge < -0.3 is 20.1 Å². The minimum absolute atomic E-state index is 0.0985. The second kappa shape index (κ2) is 8.75. The maximum Gasteiger partial charge on any atom is 0.191 e. The van der Waals surface area contributed by atoms with Gasteiger partial charge in [0.2, 0.25) is 0 Å². The molecule has 0 aromatic heterocycles. The van der Waals surface area contributed by atoms with Gasteiger partial charge >= 0.3 is 0 Å². The van der Waals surface area contributed by atoms with E-state index in [0.29, 0.717) is 11.9 Å². The molecule has 5 nitrogen and oxygen atoms in total. The predicted molar refractivity (Wildman–Crippen MR) is 105 cm³/mol. The van der Waals surface area contributed by atoms with Crippen LogP contribution in [0.25, 0.3) is 0 Å². The average Bonchev–Trinajstić information content (AvgIpc) is 2.70. The molecule has 2 aromatic rings. The molecule has 3 rings (SSSR count). The van der Waals surface area contributed by atoms with Crippen LogP contribution in [0.5, 0.6) is 11.5 Å². The van der Waals surface area contributed by atoms with E-state index in [1.54, 1.807) is 13.1 Å². The number of aliphatic imine (C=N–C) groups is 1. The lowest BCUT2D eigenvalue weighted by Gasteiger charge is -2.27. The van der Waals surface area contributed by atoms with Gasteiger partial charge in [0.25, 0.3) is 0 Å². The number of hydrogen-bond acceptors (Lipinski definition) is 3. The number of ether oxygens (including phenoxy) is 2. The highest BCUT2D eigenvalue weighted by atomic mass is 19.1. The third-order valence-corrected chi connectivity index (χ3v) is 4.85. The Morgan fingerprint density at radius 1 is 1.33 bits per heavy atom. The molecule has 144 valence electrons. The molecule has 27 heavy (non-hydrogen) atoms. The SMILES string of the molecule is CN=C(NCC1CCOc2ccccc21)NC(C)c1ccc(OC)c(F)c1. The molecular formula is C21H26FN3O2. The Hall–Kier alpha value is -2.76. The van der Waals surface area contributed by atoms with Gasteiger partial charge in [0.05, 0.1) is 19.8 Å². The van der Waals surface area contributed by atoms with Crippen molar-refractivity contribution in [2.45, 2.75) is 25.3 Å². The van der Waals surface area contributed by atoms with Crippen molar-refractivity contribution < 1.29 is 13.9 Å². The molecule has 0 aliphatic carbocycles. The molecule has 1 aliphatic rings. The van der Waals surface area contributed by atoms with Gasteiger partial charge in [-0.3, -0.25) is 4.99 Å². The molecule has 0 saturated heterocycles. The van der Waals surface area contributed by atoms with Crippen LogP contribution in [0, 0.1) is 5.82 Å². The summed E-state index contributed by atoms with van der Waals surface area (Å²) in [6.45, 7) is 3.44. The largest absolute Gasteiger partial charge is 0.494 e. The lowest BCUT2D eigenvalue weighted by molar-refractivity contribution is 0.267. The summed E-state index contributed by atoms with van der Waals surface area (Å²) in [4.78, 5) is 4.29. The number of guanidine groups is 1. The van der Waals surface area contributed by atoms with Crippen molar-refractivity contribution in [2.75, 3.05) is 27.3 Å². The van der Waals surface area contributed by atoms with Crippen LogP contribution in [0.1, 0.15) is 36.4 Å². The molecule has 0 radical (unpaired) electrons. The third kappa shape index (κ3) is 4.51. The van der Waals surface area contributed by atoms with Gasteiger partial charge in [-0.05, 0) is 42.7 Å². The van der Waals surface area contributed by atoms with Gasteiger partial charge in [-0.1, -0.05) is 24.3 Å². The fraction of sp³-hybridized carbons (Fsp3) is 0.381. The van der Waals surface area contributed by atoms with E-state index in [1.165, 1.54) is 18.7 Å². The lowest BCUT2D eigenvalue weighted by Crippen LogP contribution is -2.41. The van der Waals surface area contributed by atoms with Gasteiger partial charge in [-0.2, -0.15) is 0 Å². The van der Waals surface area contributed by atoms with Crippen molar-refractivity contribution in [1.82, 2.24) is 10.6 Å². The number of benzene rings is 2. The first kappa shape index (κ1) is 19.0.